The number of para-hydroxylation sites is 1. The van der Waals surface area contributed by atoms with Crippen molar-refractivity contribution < 1.29 is 9.53 Å². The molecule has 2 aromatic carbocycles. The topological polar surface area (TPSA) is 50.4 Å². The van der Waals surface area contributed by atoms with Gasteiger partial charge in [0.25, 0.3) is 0 Å². The standard InChI is InChI=1S/C18H21ClN2O2/c19-16-7-4-6-15(14-16)10-12-21-18(22)20-11-5-13-23-17-8-2-1-3-9-17/h1-4,6-9,14H,5,10-13H2,(H2,20,21,22). The lowest BCUT2D eigenvalue weighted by atomic mass is 10.1. The molecule has 23 heavy (non-hydrogen) atoms. The zero-order valence-corrected chi connectivity index (χ0v) is 13.7. The number of rotatable bonds is 8. The average molecular weight is 333 g/mol. The number of nitrogens with one attached hydrogen (secondary N) is 2. The maximum atomic E-state index is 11.6. The molecule has 0 bridgehead atoms. The highest BCUT2D eigenvalue weighted by atomic mass is 35.5. The van der Waals surface area contributed by atoms with E-state index in [4.69, 9.17) is 16.3 Å². The predicted octanol–water partition coefficient (Wildman–Crippen LogP) is 3.65. The van der Waals surface area contributed by atoms with Crippen molar-refractivity contribution in [1.82, 2.24) is 10.6 Å². The van der Waals surface area contributed by atoms with Gasteiger partial charge in [-0.25, -0.2) is 4.79 Å². The summed E-state index contributed by atoms with van der Waals surface area (Å²) in [5.41, 5.74) is 1.11. The third-order valence-corrected chi connectivity index (χ3v) is 3.44. The van der Waals surface area contributed by atoms with Gasteiger partial charge in [-0.3, -0.25) is 0 Å². The van der Waals surface area contributed by atoms with E-state index < -0.39 is 0 Å². The van der Waals surface area contributed by atoms with Gasteiger partial charge < -0.3 is 15.4 Å². The van der Waals surface area contributed by atoms with E-state index in [2.05, 4.69) is 10.6 Å². The lowest BCUT2D eigenvalue weighted by Gasteiger charge is -2.09. The monoisotopic (exact) mass is 332 g/mol. The van der Waals surface area contributed by atoms with Crippen LogP contribution in [0, 0.1) is 0 Å². The normalized spacial score (nSPS) is 10.1. The molecule has 0 radical (unpaired) electrons. The van der Waals surface area contributed by atoms with Crippen molar-refractivity contribution in [2.45, 2.75) is 12.8 Å². The Morgan fingerprint density at radius 1 is 1.00 bits per heavy atom. The van der Waals surface area contributed by atoms with E-state index in [0.717, 1.165) is 24.2 Å². The van der Waals surface area contributed by atoms with E-state index in [9.17, 15) is 4.79 Å². The van der Waals surface area contributed by atoms with Crippen molar-refractivity contribution in [3.63, 3.8) is 0 Å². The molecule has 4 nitrogen and oxygen atoms in total. The molecule has 0 fully saturated rings. The molecule has 0 atom stereocenters. The van der Waals surface area contributed by atoms with Crippen LogP contribution in [-0.2, 0) is 6.42 Å². The Balaban J connectivity index is 1.52. The average Bonchev–Trinajstić information content (AvgIpc) is 2.55. The molecule has 2 amide bonds. The number of halogens is 1. The SMILES string of the molecule is O=C(NCCCOc1ccccc1)NCCc1cccc(Cl)c1. The summed E-state index contributed by atoms with van der Waals surface area (Å²) >= 11 is 5.92. The van der Waals surface area contributed by atoms with Crippen molar-refractivity contribution in [2.24, 2.45) is 0 Å². The largest absolute Gasteiger partial charge is 0.494 e. The van der Waals surface area contributed by atoms with Crippen molar-refractivity contribution in [1.29, 1.82) is 0 Å². The van der Waals surface area contributed by atoms with Crippen LogP contribution < -0.4 is 15.4 Å². The summed E-state index contributed by atoms with van der Waals surface area (Å²) in [6.07, 6.45) is 1.52. The van der Waals surface area contributed by atoms with Crippen molar-refractivity contribution in [3.05, 3.63) is 65.2 Å². The molecule has 5 heteroatoms. The minimum Gasteiger partial charge on any atom is -0.494 e. The highest BCUT2D eigenvalue weighted by molar-refractivity contribution is 6.30. The fraction of sp³-hybridized carbons (Fsp3) is 0.278. The fourth-order valence-corrected chi connectivity index (χ4v) is 2.27. The molecule has 0 aliphatic carbocycles. The molecule has 0 saturated heterocycles. The molecule has 0 spiro atoms. The van der Waals surface area contributed by atoms with E-state index in [1.165, 1.54) is 0 Å². The van der Waals surface area contributed by atoms with Crippen molar-refractivity contribution in [2.75, 3.05) is 19.7 Å². The third kappa shape index (κ3) is 7.06. The van der Waals surface area contributed by atoms with Crippen LogP contribution in [0.15, 0.2) is 54.6 Å². The van der Waals surface area contributed by atoms with E-state index in [0.29, 0.717) is 24.7 Å². The van der Waals surface area contributed by atoms with Crippen LogP contribution in [0.5, 0.6) is 5.75 Å². The Morgan fingerprint density at radius 2 is 1.78 bits per heavy atom. The fourth-order valence-electron chi connectivity index (χ4n) is 2.06. The second-order valence-electron chi connectivity index (χ2n) is 5.08. The summed E-state index contributed by atoms with van der Waals surface area (Å²) in [5.74, 6) is 0.846. The maximum Gasteiger partial charge on any atom is 0.314 e. The highest BCUT2D eigenvalue weighted by Gasteiger charge is 2.00. The summed E-state index contributed by atoms with van der Waals surface area (Å²) in [4.78, 5) is 11.6. The number of benzene rings is 2. The van der Waals surface area contributed by atoms with Crippen LogP contribution in [0.1, 0.15) is 12.0 Å². The van der Waals surface area contributed by atoms with E-state index in [-0.39, 0.29) is 6.03 Å². The van der Waals surface area contributed by atoms with Gasteiger partial charge in [0.2, 0.25) is 0 Å². The van der Waals surface area contributed by atoms with Gasteiger partial charge in [0, 0.05) is 18.1 Å². The summed E-state index contributed by atoms with van der Waals surface area (Å²) in [5, 5.41) is 6.35. The molecular weight excluding hydrogens is 312 g/mol. The molecule has 122 valence electrons. The maximum absolute atomic E-state index is 11.6. The van der Waals surface area contributed by atoms with E-state index in [1.807, 2.05) is 54.6 Å². The van der Waals surface area contributed by atoms with Crippen LogP contribution in [0.25, 0.3) is 0 Å². The number of amides is 2. The van der Waals surface area contributed by atoms with Gasteiger partial charge in [-0.2, -0.15) is 0 Å². The van der Waals surface area contributed by atoms with Gasteiger partial charge in [0.15, 0.2) is 0 Å². The van der Waals surface area contributed by atoms with Crippen LogP contribution in [0.3, 0.4) is 0 Å². The number of hydrogen-bond acceptors (Lipinski definition) is 2. The van der Waals surface area contributed by atoms with Crippen LogP contribution >= 0.6 is 11.6 Å². The zero-order valence-electron chi connectivity index (χ0n) is 12.9. The molecule has 0 aromatic heterocycles. The first kappa shape index (κ1) is 17.2. The Kier molecular flexibility index (Phi) is 7.27. The number of hydrogen-bond donors (Lipinski definition) is 2. The molecule has 2 N–H and O–H groups in total. The first-order valence-electron chi connectivity index (χ1n) is 7.68. The predicted molar refractivity (Wildman–Crippen MR) is 93.1 cm³/mol. The van der Waals surface area contributed by atoms with Gasteiger partial charge in [-0.05, 0) is 42.7 Å². The Hall–Kier alpha value is -2.20. The number of carbonyl (C=O) groups excluding carboxylic acids is 1. The first-order chi connectivity index (χ1) is 11.2. The van der Waals surface area contributed by atoms with Gasteiger partial charge >= 0.3 is 6.03 Å². The molecule has 2 rings (SSSR count). The van der Waals surface area contributed by atoms with E-state index in [1.54, 1.807) is 0 Å². The van der Waals surface area contributed by atoms with Crippen LogP contribution in [-0.4, -0.2) is 25.7 Å². The lowest BCUT2D eigenvalue weighted by Crippen LogP contribution is -2.37. The minimum absolute atomic E-state index is 0.160. The summed E-state index contributed by atoms with van der Waals surface area (Å²) < 4.78 is 5.55. The molecule has 0 aliphatic heterocycles. The zero-order chi connectivity index (χ0) is 16.3. The van der Waals surface area contributed by atoms with Crippen LogP contribution in [0.4, 0.5) is 4.79 Å². The van der Waals surface area contributed by atoms with Gasteiger partial charge in [-0.1, -0.05) is 41.9 Å². The Morgan fingerprint density at radius 3 is 2.57 bits per heavy atom. The molecule has 0 saturated carbocycles. The molecule has 0 heterocycles. The Bertz CT molecular complexity index is 605. The minimum atomic E-state index is -0.160. The summed E-state index contributed by atoms with van der Waals surface area (Å²) in [6.45, 7) is 1.73. The Labute approximate surface area is 141 Å². The highest BCUT2D eigenvalue weighted by Crippen LogP contribution is 2.10. The quantitative estimate of drug-likeness (QED) is 0.725. The number of ether oxygens (including phenoxy) is 1. The molecule has 0 unspecified atom stereocenters. The molecule has 2 aromatic rings. The third-order valence-electron chi connectivity index (χ3n) is 3.21. The van der Waals surface area contributed by atoms with Gasteiger partial charge in [0.1, 0.15) is 5.75 Å². The lowest BCUT2D eigenvalue weighted by molar-refractivity contribution is 0.239. The molecule has 0 aliphatic rings. The molecular formula is C18H21ClN2O2. The summed E-state index contributed by atoms with van der Waals surface area (Å²) in [6, 6.07) is 17.1. The smallest absolute Gasteiger partial charge is 0.314 e. The van der Waals surface area contributed by atoms with Crippen molar-refractivity contribution in [3.8, 4) is 5.75 Å². The number of urea groups is 1. The van der Waals surface area contributed by atoms with Crippen LogP contribution in [0.2, 0.25) is 5.02 Å². The van der Waals surface area contributed by atoms with Crippen molar-refractivity contribution >= 4 is 17.6 Å². The second-order valence-corrected chi connectivity index (χ2v) is 5.51. The van der Waals surface area contributed by atoms with Gasteiger partial charge in [-0.15, -0.1) is 0 Å². The number of carbonyl (C=O) groups is 1. The summed E-state index contributed by atoms with van der Waals surface area (Å²) in [7, 11) is 0. The van der Waals surface area contributed by atoms with Gasteiger partial charge in [0.05, 0.1) is 6.61 Å². The second kappa shape index (κ2) is 9.74. The van der Waals surface area contributed by atoms with E-state index >= 15 is 0 Å². The first-order valence-corrected chi connectivity index (χ1v) is 8.06.